The third kappa shape index (κ3) is 1.68. The molecule has 0 aliphatic heterocycles. The number of aliphatic carboxylic acids is 1. The normalized spacial score (nSPS) is 15.6. The van der Waals surface area contributed by atoms with E-state index in [-0.39, 0.29) is 5.56 Å². The van der Waals surface area contributed by atoms with Crippen molar-refractivity contribution in [2.45, 2.75) is 31.6 Å². The van der Waals surface area contributed by atoms with E-state index >= 15 is 0 Å². The Balaban J connectivity index is 2.53. The van der Waals surface area contributed by atoms with Crippen LogP contribution in [0.4, 0.5) is 8.78 Å². The molecule has 1 aromatic rings. The SMILES string of the molecule is O=C(O)C(F)(F)c1cccc2c1CCCC2. The van der Waals surface area contributed by atoms with Crippen LogP contribution in [0, 0.1) is 0 Å². The molecular weight excluding hydrogens is 214 g/mol. The summed E-state index contributed by atoms with van der Waals surface area (Å²) in [6.07, 6.45) is 3.14. The number of aryl methyl sites for hydroxylation is 1. The number of carbonyl (C=O) groups is 1. The van der Waals surface area contributed by atoms with Gasteiger partial charge < -0.3 is 5.11 Å². The highest BCUT2D eigenvalue weighted by Gasteiger charge is 2.43. The van der Waals surface area contributed by atoms with Crippen molar-refractivity contribution >= 4 is 5.97 Å². The summed E-state index contributed by atoms with van der Waals surface area (Å²) in [5, 5.41) is 8.55. The predicted octanol–water partition coefficient (Wildman–Crippen LogP) is 2.74. The minimum absolute atomic E-state index is 0.336. The Bertz CT molecular complexity index is 427. The first-order valence-corrected chi connectivity index (χ1v) is 5.26. The van der Waals surface area contributed by atoms with E-state index in [2.05, 4.69) is 0 Å². The van der Waals surface area contributed by atoms with Gasteiger partial charge >= 0.3 is 11.9 Å². The fourth-order valence-electron chi connectivity index (χ4n) is 2.19. The van der Waals surface area contributed by atoms with Crippen LogP contribution in [0.1, 0.15) is 29.5 Å². The number of fused-ring (bicyclic) bond motifs is 1. The van der Waals surface area contributed by atoms with E-state index < -0.39 is 11.9 Å². The van der Waals surface area contributed by atoms with Crippen molar-refractivity contribution in [1.29, 1.82) is 0 Å². The van der Waals surface area contributed by atoms with Gasteiger partial charge in [-0.05, 0) is 36.8 Å². The maximum Gasteiger partial charge on any atom is 0.379 e. The van der Waals surface area contributed by atoms with Gasteiger partial charge in [-0.2, -0.15) is 8.78 Å². The van der Waals surface area contributed by atoms with Gasteiger partial charge in [-0.15, -0.1) is 0 Å². The molecule has 86 valence electrons. The molecule has 0 radical (unpaired) electrons. The lowest BCUT2D eigenvalue weighted by molar-refractivity contribution is -0.166. The molecule has 1 aliphatic rings. The number of benzene rings is 1. The molecule has 2 nitrogen and oxygen atoms in total. The van der Waals surface area contributed by atoms with Crippen molar-refractivity contribution < 1.29 is 18.7 Å². The van der Waals surface area contributed by atoms with E-state index in [1.54, 1.807) is 6.07 Å². The Hall–Kier alpha value is -1.45. The molecule has 16 heavy (non-hydrogen) atoms. The molecule has 0 saturated carbocycles. The summed E-state index contributed by atoms with van der Waals surface area (Å²) in [6, 6.07) is 4.53. The van der Waals surface area contributed by atoms with Crippen molar-refractivity contribution in [2.24, 2.45) is 0 Å². The fraction of sp³-hybridized carbons (Fsp3) is 0.417. The summed E-state index contributed by atoms with van der Waals surface area (Å²) in [5.41, 5.74) is 1.06. The highest BCUT2D eigenvalue weighted by Crippen LogP contribution is 2.35. The summed E-state index contributed by atoms with van der Waals surface area (Å²) in [5.74, 6) is -5.85. The van der Waals surface area contributed by atoms with Crippen molar-refractivity contribution in [1.82, 2.24) is 0 Å². The van der Waals surface area contributed by atoms with Crippen LogP contribution in [-0.4, -0.2) is 11.1 Å². The minimum Gasteiger partial charge on any atom is -0.477 e. The van der Waals surface area contributed by atoms with Crippen molar-refractivity contribution in [3.8, 4) is 0 Å². The van der Waals surface area contributed by atoms with E-state index in [0.717, 1.165) is 24.8 Å². The largest absolute Gasteiger partial charge is 0.477 e. The lowest BCUT2D eigenvalue weighted by Crippen LogP contribution is -2.27. The molecule has 1 aromatic carbocycles. The van der Waals surface area contributed by atoms with Crippen LogP contribution in [-0.2, 0) is 23.6 Å². The summed E-state index contributed by atoms with van der Waals surface area (Å²) in [6.45, 7) is 0. The van der Waals surface area contributed by atoms with Gasteiger partial charge in [0.15, 0.2) is 0 Å². The third-order valence-electron chi connectivity index (χ3n) is 3.00. The smallest absolute Gasteiger partial charge is 0.379 e. The highest BCUT2D eigenvalue weighted by atomic mass is 19.3. The highest BCUT2D eigenvalue weighted by molar-refractivity contribution is 5.78. The maximum absolute atomic E-state index is 13.5. The van der Waals surface area contributed by atoms with Gasteiger partial charge in [0.25, 0.3) is 0 Å². The number of hydrogen-bond donors (Lipinski definition) is 1. The predicted molar refractivity (Wildman–Crippen MR) is 54.6 cm³/mol. The second-order valence-electron chi connectivity index (χ2n) is 4.03. The Kier molecular flexibility index (Phi) is 2.66. The minimum atomic E-state index is -3.78. The molecule has 0 saturated heterocycles. The first-order chi connectivity index (χ1) is 7.53. The molecule has 4 heteroatoms. The van der Waals surface area contributed by atoms with Crippen LogP contribution in [0.2, 0.25) is 0 Å². The molecule has 0 atom stereocenters. The van der Waals surface area contributed by atoms with E-state index in [1.165, 1.54) is 12.1 Å². The molecule has 0 amide bonds. The third-order valence-corrected chi connectivity index (χ3v) is 3.00. The molecule has 0 unspecified atom stereocenters. The Labute approximate surface area is 91.9 Å². The Morgan fingerprint density at radius 3 is 2.62 bits per heavy atom. The molecule has 0 fully saturated rings. The zero-order valence-electron chi connectivity index (χ0n) is 8.67. The number of carboxylic acids is 1. The van der Waals surface area contributed by atoms with Gasteiger partial charge in [0, 0.05) is 5.56 Å². The number of alkyl halides is 2. The van der Waals surface area contributed by atoms with Crippen LogP contribution >= 0.6 is 0 Å². The molecular formula is C12H12F2O2. The average Bonchev–Trinajstić information content (AvgIpc) is 2.28. The van der Waals surface area contributed by atoms with Crippen LogP contribution in [0.5, 0.6) is 0 Å². The van der Waals surface area contributed by atoms with Crippen LogP contribution in [0.15, 0.2) is 18.2 Å². The van der Waals surface area contributed by atoms with Crippen LogP contribution in [0.3, 0.4) is 0 Å². The van der Waals surface area contributed by atoms with Crippen LogP contribution in [0.25, 0.3) is 0 Å². The van der Waals surface area contributed by atoms with Gasteiger partial charge in [0.1, 0.15) is 0 Å². The molecule has 0 spiro atoms. The number of carboxylic acid groups (broad SMARTS) is 1. The topological polar surface area (TPSA) is 37.3 Å². The number of halogens is 2. The first kappa shape index (κ1) is 11.0. The summed E-state index contributed by atoms with van der Waals surface area (Å²) in [4.78, 5) is 10.6. The lowest BCUT2D eigenvalue weighted by Gasteiger charge is -2.22. The quantitative estimate of drug-likeness (QED) is 0.841. The van der Waals surface area contributed by atoms with Gasteiger partial charge in [0.05, 0.1) is 0 Å². The standard InChI is InChI=1S/C12H12F2O2/c13-12(14,11(15)16)10-7-3-5-8-4-1-2-6-9(8)10/h3,5,7H,1-2,4,6H2,(H,15,16). The van der Waals surface area contributed by atoms with Crippen molar-refractivity contribution in [2.75, 3.05) is 0 Å². The molecule has 0 bridgehead atoms. The maximum atomic E-state index is 13.5. The van der Waals surface area contributed by atoms with E-state index in [4.69, 9.17) is 5.11 Å². The van der Waals surface area contributed by atoms with Gasteiger partial charge in [-0.3, -0.25) is 0 Å². The molecule has 1 N–H and O–H groups in total. The fourth-order valence-corrected chi connectivity index (χ4v) is 2.19. The summed E-state index contributed by atoms with van der Waals surface area (Å²) >= 11 is 0. The van der Waals surface area contributed by atoms with E-state index in [1.807, 2.05) is 0 Å². The summed E-state index contributed by atoms with van der Waals surface area (Å²) in [7, 11) is 0. The molecule has 0 heterocycles. The average molecular weight is 226 g/mol. The molecule has 2 rings (SSSR count). The number of rotatable bonds is 2. The molecule has 1 aliphatic carbocycles. The van der Waals surface area contributed by atoms with Crippen LogP contribution < -0.4 is 0 Å². The Morgan fingerprint density at radius 1 is 1.25 bits per heavy atom. The monoisotopic (exact) mass is 226 g/mol. The second kappa shape index (κ2) is 3.85. The first-order valence-electron chi connectivity index (χ1n) is 5.26. The zero-order valence-corrected chi connectivity index (χ0v) is 8.67. The summed E-state index contributed by atoms with van der Waals surface area (Å²) < 4.78 is 26.9. The second-order valence-corrected chi connectivity index (χ2v) is 4.03. The Morgan fingerprint density at radius 2 is 1.94 bits per heavy atom. The zero-order chi connectivity index (χ0) is 11.8. The van der Waals surface area contributed by atoms with E-state index in [0.29, 0.717) is 12.0 Å². The lowest BCUT2D eigenvalue weighted by atomic mass is 9.86. The van der Waals surface area contributed by atoms with Crippen molar-refractivity contribution in [3.05, 3.63) is 34.9 Å². The molecule has 0 aromatic heterocycles. The van der Waals surface area contributed by atoms with Gasteiger partial charge in [-0.25, -0.2) is 4.79 Å². The van der Waals surface area contributed by atoms with Gasteiger partial charge in [-0.1, -0.05) is 18.2 Å². The van der Waals surface area contributed by atoms with Crippen molar-refractivity contribution in [3.63, 3.8) is 0 Å². The van der Waals surface area contributed by atoms with Gasteiger partial charge in [0.2, 0.25) is 0 Å². The number of hydrogen-bond acceptors (Lipinski definition) is 1. The van der Waals surface area contributed by atoms with E-state index in [9.17, 15) is 13.6 Å².